The number of carbonyl (C=O) groups is 1. The van der Waals surface area contributed by atoms with Gasteiger partial charge in [-0.2, -0.15) is 0 Å². The van der Waals surface area contributed by atoms with Gasteiger partial charge >= 0.3 is 5.97 Å². The summed E-state index contributed by atoms with van der Waals surface area (Å²) in [7, 11) is 6.43. The number of aromatic hydroxyl groups is 1. The van der Waals surface area contributed by atoms with Crippen molar-refractivity contribution in [3.8, 4) is 11.5 Å². The van der Waals surface area contributed by atoms with E-state index < -0.39 is 5.97 Å². The fourth-order valence-electron chi connectivity index (χ4n) is 3.71. The molecule has 0 saturated heterocycles. The summed E-state index contributed by atoms with van der Waals surface area (Å²) in [4.78, 5) is 11.0. The quantitative estimate of drug-likeness (QED) is 0.480. The Labute approximate surface area is 197 Å². The highest BCUT2D eigenvalue weighted by atomic mass is 79.9. The number of carboxylic acids is 1. The molecular formula is C25H37BrNO4+. The third-order valence-corrected chi connectivity index (χ3v) is 5.50. The number of halogens is 1. The highest BCUT2D eigenvalue weighted by Gasteiger charge is 2.19. The van der Waals surface area contributed by atoms with E-state index in [0.717, 1.165) is 51.7 Å². The van der Waals surface area contributed by atoms with Gasteiger partial charge in [0.25, 0.3) is 0 Å². The van der Waals surface area contributed by atoms with Crippen molar-refractivity contribution in [2.75, 3.05) is 34.3 Å². The van der Waals surface area contributed by atoms with Gasteiger partial charge in [0.15, 0.2) is 6.61 Å². The molecule has 0 aromatic heterocycles. The molecule has 0 bridgehead atoms. The van der Waals surface area contributed by atoms with Crippen molar-refractivity contribution in [3.05, 3.63) is 57.6 Å². The van der Waals surface area contributed by atoms with Crippen molar-refractivity contribution < 1.29 is 24.2 Å². The second kappa shape index (κ2) is 11.0. The first-order valence-electron chi connectivity index (χ1n) is 10.5. The highest BCUT2D eigenvalue weighted by Crippen LogP contribution is 2.33. The molecular weight excluding hydrogens is 458 g/mol. The molecule has 0 spiro atoms. The number of quaternary nitrogens is 1. The smallest absolute Gasteiger partial charge is 0.341 e. The number of nitrogens with zero attached hydrogens (tertiary/aromatic N) is 1. The summed E-state index contributed by atoms with van der Waals surface area (Å²) >= 11 is 0. The SMILES string of the molecule is Br.Cc1cc(OCC(=O)O)c(CC[N+](C)(C)C)c(C)c1Cc1ccc(O)c(C(C)C)c1. The summed E-state index contributed by atoms with van der Waals surface area (Å²) in [5.74, 6) is 0.276. The van der Waals surface area contributed by atoms with Gasteiger partial charge in [-0.05, 0) is 66.1 Å². The fraction of sp³-hybridized carbons (Fsp3) is 0.480. The van der Waals surface area contributed by atoms with Crippen molar-refractivity contribution in [1.82, 2.24) is 0 Å². The van der Waals surface area contributed by atoms with Gasteiger partial charge in [0.05, 0.1) is 27.7 Å². The Balaban J connectivity index is 0.00000480. The molecule has 5 nitrogen and oxygen atoms in total. The number of rotatable bonds is 9. The molecule has 0 radical (unpaired) electrons. The number of hydrogen-bond acceptors (Lipinski definition) is 3. The molecule has 0 aliphatic rings. The molecule has 2 aromatic rings. The maximum absolute atomic E-state index is 11.0. The van der Waals surface area contributed by atoms with Gasteiger partial charge in [-0.1, -0.05) is 26.0 Å². The zero-order valence-electron chi connectivity index (χ0n) is 19.8. The van der Waals surface area contributed by atoms with E-state index in [1.165, 1.54) is 5.56 Å². The molecule has 0 heterocycles. The third-order valence-electron chi connectivity index (χ3n) is 5.50. The predicted molar refractivity (Wildman–Crippen MR) is 131 cm³/mol. The third kappa shape index (κ3) is 7.54. The number of likely N-dealkylation sites (N-methyl/N-ethyl adjacent to an activating group) is 1. The standard InChI is InChI=1S/C25H35NO4.BrH/c1-16(2)21-13-19(8-9-23(21)27)14-22-17(3)12-24(30-15-25(28)29)20(18(22)4)10-11-26(5,6)7;/h8-9,12-13,16H,10-11,14-15H2,1-7H3,(H-,27,28,29);1H/p+1. The minimum atomic E-state index is -0.975. The number of ether oxygens (including phenoxy) is 1. The molecule has 172 valence electrons. The van der Waals surface area contributed by atoms with Gasteiger partial charge < -0.3 is 19.4 Å². The largest absolute Gasteiger partial charge is 0.508 e. The Morgan fingerprint density at radius 1 is 1.10 bits per heavy atom. The number of aliphatic carboxylic acids is 1. The molecule has 31 heavy (non-hydrogen) atoms. The number of benzene rings is 2. The van der Waals surface area contributed by atoms with E-state index in [1.54, 1.807) is 6.07 Å². The molecule has 2 aromatic carbocycles. The van der Waals surface area contributed by atoms with E-state index in [4.69, 9.17) is 9.84 Å². The van der Waals surface area contributed by atoms with E-state index in [2.05, 4.69) is 48.0 Å². The first kappa shape index (κ1) is 27.0. The van der Waals surface area contributed by atoms with Crippen LogP contribution in [0, 0.1) is 13.8 Å². The molecule has 0 saturated carbocycles. The number of phenolic OH excluding ortho intramolecular Hbond substituents is 1. The Morgan fingerprint density at radius 3 is 2.29 bits per heavy atom. The van der Waals surface area contributed by atoms with Crippen LogP contribution in [0.15, 0.2) is 24.3 Å². The molecule has 0 unspecified atom stereocenters. The number of hydrogen-bond donors (Lipinski definition) is 2. The zero-order valence-corrected chi connectivity index (χ0v) is 21.5. The Morgan fingerprint density at radius 2 is 1.74 bits per heavy atom. The van der Waals surface area contributed by atoms with Gasteiger partial charge in [-0.25, -0.2) is 4.79 Å². The van der Waals surface area contributed by atoms with Crippen molar-refractivity contribution in [2.45, 2.75) is 46.5 Å². The molecule has 0 fully saturated rings. The normalized spacial score (nSPS) is 11.4. The van der Waals surface area contributed by atoms with Gasteiger partial charge in [0, 0.05) is 12.0 Å². The second-order valence-electron chi connectivity index (χ2n) is 9.44. The predicted octanol–water partition coefficient (Wildman–Crippen LogP) is 5.01. The van der Waals surface area contributed by atoms with E-state index in [0.29, 0.717) is 11.5 Å². The minimum absolute atomic E-state index is 0. The van der Waals surface area contributed by atoms with Crippen LogP contribution < -0.4 is 4.74 Å². The van der Waals surface area contributed by atoms with Crippen molar-refractivity contribution in [1.29, 1.82) is 0 Å². The van der Waals surface area contributed by atoms with Crippen LogP contribution in [0.2, 0.25) is 0 Å². The Bertz CT molecular complexity index is 917. The highest BCUT2D eigenvalue weighted by molar-refractivity contribution is 8.93. The zero-order chi connectivity index (χ0) is 22.6. The monoisotopic (exact) mass is 494 g/mol. The van der Waals surface area contributed by atoms with Crippen LogP contribution in [0.1, 0.15) is 53.1 Å². The molecule has 0 aliphatic carbocycles. The minimum Gasteiger partial charge on any atom is -0.508 e. The lowest BCUT2D eigenvalue weighted by Crippen LogP contribution is -2.36. The van der Waals surface area contributed by atoms with Gasteiger partial charge in [-0.3, -0.25) is 0 Å². The molecule has 6 heteroatoms. The second-order valence-corrected chi connectivity index (χ2v) is 9.44. The lowest BCUT2D eigenvalue weighted by Gasteiger charge is -2.26. The van der Waals surface area contributed by atoms with Crippen LogP contribution in [0.5, 0.6) is 11.5 Å². The summed E-state index contributed by atoms with van der Waals surface area (Å²) in [5, 5.41) is 19.2. The van der Waals surface area contributed by atoms with E-state index in [-0.39, 0.29) is 29.5 Å². The van der Waals surface area contributed by atoms with Crippen LogP contribution in [-0.4, -0.2) is 55.0 Å². The average molecular weight is 495 g/mol. The Kier molecular flexibility index (Phi) is 9.58. The van der Waals surface area contributed by atoms with Crippen molar-refractivity contribution >= 4 is 23.0 Å². The maximum Gasteiger partial charge on any atom is 0.341 e. The molecule has 0 atom stereocenters. The van der Waals surface area contributed by atoms with Crippen LogP contribution in [-0.2, 0) is 17.6 Å². The fourth-order valence-corrected chi connectivity index (χ4v) is 3.71. The molecule has 0 amide bonds. The van der Waals surface area contributed by atoms with E-state index in [1.807, 2.05) is 19.1 Å². The van der Waals surface area contributed by atoms with E-state index in [9.17, 15) is 9.90 Å². The lowest BCUT2D eigenvalue weighted by atomic mass is 9.89. The lowest BCUT2D eigenvalue weighted by molar-refractivity contribution is -0.870. The van der Waals surface area contributed by atoms with Crippen LogP contribution in [0.3, 0.4) is 0 Å². The molecule has 2 N–H and O–H groups in total. The molecule has 0 aliphatic heterocycles. The topological polar surface area (TPSA) is 66.8 Å². The Hall–Kier alpha value is -2.05. The summed E-state index contributed by atoms with van der Waals surface area (Å²) < 4.78 is 6.47. The van der Waals surface area contributed by atoms with Gasteiger partial charge in [0.1, 0.15) is 11.5 Å². The van der Waals surface area contributed by atoms with Gasteiger partial charge in [-0.15, -0.1) is 17.0 Å². The van der Waals surface area contributed by atoms with Crippen LogP contribution in [0.25, 0.3) is 0 Å². The summed E-state index contributed by atoms with van der Waals surface area (Å²) in [6.07, 6.45) is 1.57. The van der Waals surface area contributed by atoms with Crippen molar-refractivity contribution in [3.63, 3.8) is 0 Å². The van der Waals surface area contributed by atoms with Crippen LogP contribution >= 0.6 is 17.0 Å². The number of aryl methyl sites for hydroxylation is 1. The van der Waals surface area contributed by atoms with Crippen LogP contribution in [0.4, 0.5) is 0 Å². The van der Waals surface area contributed by atoms with Gasteiger partial charge in [0.2, 0.25) is 0 Å². The molecule has 2 rings (SSSR count). The van der Waals surface area contributed by atoms with E-state index >= 15 is 0 Å². The first-order chi connectivity index (χ1) is 13.9. The van der Waals surface area contributed by atoms with Crippen molar-refractivity contribution in [2.24, 2.45) is 0 Å². The summed E-state index contributed by atoms with van der Waals surface area (Å²) in [5.41, 5.74) is 6.65. The number of carboxylic acid groups (broad SMARTS) is 1. The summed E-state index contributed by atoms with van der Waals surface area (Å²) in [6, 6.07) is 7.80. The number of phenols is 1. The first-order valence-corrected chi connectivity index (χ1v) is 10.5. The maximum atomic E-state index is 11.0. The average Bonchev–Trinajstić information content (AvgIpc) is 2.62. The summed E-state index contributed by atoms with van der Waals surface area (Å²) in [6.45, 7) is 8.88.